The van der Waals surface area contributed by atoms with Crippen LogP contribution in [0.4, 0.5) is 0 Å². The predicted octanol–water partition coefficient (Wildman–Crippen LogP) is 2.49. The summed E-state index contributed by atoms with van der Waals surface area (Å²) in [6.45, 7) is 6.34. The summed E-state index contributed by atoms with van der Waals surface area (Å²) in [5.74, 6) is 0.833. The van der Waals surface area contributed by atoms with Crippen LogP contribution >= 0.6 is 7.92 Å². The Hall–Kier alpha value is 0.100. The smallest absolute Gasteiger partial charge is 0.133 e. The van der Waals surface area contributed by atoms with Gasteiger partial charge in [0.15, 0.2) is 0 Å². The van der Waals surface area contributed by atoms with E-state index in [4.69, 9.17) is 0 Å². The van der Waals surface area contributed by atoms with Crippen molar-refractivity contribution in [3.8, 4) is 0 Å². The zero-order valence-electron chi connectivity index (χ0n) is 7.63. The number of rotatable bonds is 2. The second-order valence-electron chi connectivity index (χ2n) is 3.68. The van der Waals surface area contributed by atoms with Crippen LogP contribution in [0.5, 0.6) is 0 Å². The standard InChI is InChI=1S/C9H17OP/c1-7(10)8-5-4-6-9(8)11(2)3/h8-9H,4-6H2,1-3H3. The maximum atomic E-state index is 11.2. The number of carbonyl (C=O) groups is 1. The van der Waals surface area contributed by atoms with Crippen LogP contribution in [0.25, 0.3) is 0 Å². The largest absolute Gasteiger partial charge is 0.300 e. The molecule has 1 fully saturated rings. The van der Waals surface area contributed by atoms with Crippen LogP contribution in [0.3, 0.4) is 0 Å². The number of Topliss-reactive ketones (excluding diaryl/α,β-unsaturated/α-hetero) is 1. The minimum absolute atomic E-state index is 0.106. The van der Waals surface area contributed by atoms with Crippen LogP contribution < -0.4 is 0 Å². The van der Waals surface area contributed by atoms with E-state index in [0.29, 0.717) is 11.7 Å². The highest BCUT2D eigenvalue weighted by Crippen LogP contribution is 2.46. The molecule has 0 spiro atoms. The molecular formula is C9H17OP. The van der Waals surface area contributed by atoms with E-state index in [1.54, 1.807) is 6.92 Å². The van der Waals surface area contributed by atoms with Gasteiger partial charge >= 0.3 is 0 Å². The van der Waals surface area contributed by atoms with Gasteiger partial charge in [0.1, 0.15) is 5.78 Å². The Bertz CT molecular complexity index is 154. The molecule has 1 rings (SSSR count). The van der Waals surface area contributed by atoms with E-state index in [9.17, 15) is 4.79 Å². The number of carbonyl (C=O) groups excluding carboxylic acids is 1. The molecule has 0 aromatic rings. The van der Waals surface area contributed by atoms with Gasteiger partial charge in [-0.2, -0.15) is 0 Å². The van der Waals surface area contributed by atoms with Crippen LogP contribution in [0.1, 0.15) is 26.2 Å². The monoisotopic (exact) mass is 172 g/mol. The molecule has 2 unspecified atom stereocenters. The van der Waals surface area contributed by atoms with Crippen molar-refractivity contribution in [2.45, 2.75) is 31.8 Å². The molecule has 0 bridgehead atoms. The molecule has 0 aromatic carbocycles. The lowest BCUT2D eigenvalue weighted by Gasteiger charge is -2.20. The fourth-order valence-electron chi connectivity index (χ4n) is 2.03. The lowest BCUT2D eigenvalue weighted by atomic mass is 10.0. The van der Waals surface area contributed by atoms with Crippen LogP contribution in [0, 0.1) is 5.92 Å². The molecule has 0 heterocycles. The summed E-state index contributed by atoms with van der Waals surface area (Å²) in [4.78, 5) is 11.2. The molecule has 0 aliphatic heterocycles. The van der Waals surface area contributed by atoms with Crippen molar-refractivity contribution in [1.82, 2.24) is 0 Å². The van der Waals surface area contributed by atoms with E-state index in [-0.39, 0.29) is 7.92 Å². The van der Waals surface area contributed by atoms with Crippen LogP contribution in [0.2, 0.25) is 0 Å². The van der Waals surface area contributed by atoms with Crippen molar-refractivity contribution < 1.29 is 4.79 Å². The first kappa shape index (κ1) is 9.19. The van der Waals surface area contributed by atoms with Crippen molar-refractivity contribution >= 4 is 13.7 Å². The minimum Gasteiger partial charge on any atom is -0.300 e. The summed E-state index contributed by atoms with van der Waals surface area (Å²) in [6, 6.07) is 0. The predicted molar refractivity (Wildman–Crippen MR) is 50.6 cm³/mol. The van der Waals surface area contributed by atoms with Gasteiger partial charge in [-0.15, -0.1) is 7.92 Å². The Morgan fingerprint density at radius 2 is 2.00 bits per heavy atom. The average Bonchev–Trinajstić information content (AvgIpc) is 2.32. The second-order valence-corrected chi connectivity index (χ2v) is 6.27. The molecule has 0 radical (unpaired) electrons. The van der Waals surface area contributed by atoms with E-state index in [1.165, 1.54) is 12.8 Å². The maximum Gasteiger partial charge on any atom is 0.133 e. The average molecular weight is 172 g/mol. The molecule has 1 aliphatic rings. The van der Waals surface area contributed by atoms with E-state index in [0.717, 1.165) is 12.1 Å². The molecule has 11 heavy (non-hydrogen) atoms. The van der Waals surface area contributed by atoms with Crippen molar-refractivity contribution in [2.24, 2.45) is 5.92 Å². The number of hydrogen-bond donors (Lipinski definition) is 0. The van der Waals surface area contributed by atoms with Gasteiger partial charge in [0.2, 0.25) is 0 Å². The van der Waals surface area contributed by atoms with Crippen molar-refractivity contribution in [2.75, 3.05) is 13.3 Å². The molecule has 64 valence electrons. The molecule has 0 amide bonds. The highest BCUT2D eigenvalue weighted by atomic mass is 31.1. The molecule has 2 atom stereocenters. The second kappa shape index (κ2) is 3.67. The third-order valence-corrected chi connectivity index (χ3v) is 4.61. The normalized spacial score (nSPS) is 31.3. The van der Waals surface area contributed by atoms with Crippen molar-refractivity contribution in [3.63, 3.8) is 0 Å². The molecule has 1 aliphatic carbocycles. The first-order chi connectivity index (χ1) is 5.13. The molecule has 0 saturated heterocycles. The lowest BCUT2D eigenvalue weighted by Crippen LogP contribution is -2.18. The first-order valence-electron chi connectivity index (χ1n) is 4.30. The lowest BCUT2D eigenvalue weighted by molar-refractivity contribution is -0.120. The Morgan fingerprint density at radius 1 is 1.36 bits per heavy atom. The zero-order chi connectivity index (χ0) is 8.43. The van der Waals surface area contributed by atoms with E-state index in [1.807, 2.05) is 0 Å². The van der Waals surface area contributed by atoms with Gasteiger partial charge in [-0.1, -0.05) is 6.42 Å². The van der Waals surface area contributed by atoms with Gasteiger partial charge in [0.05, 0.1) is 0 Å². The van der Waals surface area contributed by atoms with E-state index in [2.05, 4.69) is 13.3 Å². The third-order valence-electron chi connectivity index (χ3n) is 2.66. The highest BCUT2D eigenvalue weighted by molar-refractivity contribution is 7.56. The molecule has 2 heteroatoms. The summed E-state index contributed by atoms with van der Waals surface area (Å²) in [5, 5.41) is 0. The first-order valence-corrected chi connectivity index (χ1v) is 6.60. The van der Waals surface area contributed by atoms with E-state index >= 15 is 0 Å². The summed E-state index contributed by atoms with van der Waals surface area (Å²) < 4.78 is 0. The summed E-state index contributed by atoms with van der Waals surface area (Å²) in [6.07, 6.45) is 3.72. The quantitative estimate of drug-likeness (QED) is 0.585. The van der Waals surface area contributed by atoms with Crippen molar-refractivity contribution in [1.29, 1.82) is 0 Å². The highest BCUT2D eigenvalue weighted by Gasteiger charge is 2.32. The minimum atomic E-state index is 0.106. The van der Waals surface area contributed by atoms with Gasteiger partial charge in [-0.05, 0) is 38.8 Å². The van der Waals surface area contributed by atoms with Crippen LogP contribution in [0.15, 0.2) is 0 Å². The number of ketones is 1. The molecule has 0 N–H and O–H groups in total. The Balaban J connectivity index is 2.58. The summed E-state index contributed by atoms with van der Waals surface area (Å²) in [7, 11) is 0.106. The van der Waals surface area contributed by atoms with E-state index < -0.39 is 0 Å². The summed E-state index contributed by atoms with van der Waals surface area (Å²) in [5.41, 5.74) is 0.738. The van der Waals surface area contributed by atoms with Crippen LogP contribution in [-0.4, -0.2) is 24.8 Å². The molecular weight excluding hydrogens is 155 g/mol. The van der Waals surface area contributed by atoms with Crippen molar-refractivity contribution in [3.05, 3.63) is 0 Å². The maximum absolute atomic E-state index is 11.2. The molecule has 1 saturated carbocycles. The van der Waals surface area contributed by atoms with Crippen LogP contribution in [-0.2, 0) is 4.79 Å². The molecule has 0 aromatic heterocycles. The summed E-state index contributed by atoms with van der Waals surface area (Å²) >= 11 is 0. The Kier molecular flexibility index (Phi) is 3.06. The van der Waals surface area contributed by atoms with Gasteiger partial charge in [0, 0.05) is 5.92 Å². The fourth-order valence-corrected chi connectivity index (χ4v) is 3.81. The zero-order valence-corrected chi connectivity index (χ0v) is 8.53. The van der Waals surface area contributed by atoms with Gasteiger partial charge in [-0.25, -0.2) is 0 Å². The van der Waals surface area contributed by atoms with Gasteiger partial charge < -0.3 is 0 Å². The molecule has 1 nitrogen and oxygen atoms in total. The topological polar surface area (TPSA) is 17.1 Å². The number of hydrogen-bond acceptors (Lipinski definition) is 1. The van der Waals surface area contributed by atoms with Gasteiger partial charge in [-0.3, -0.25) is 4.79 Å². The third kappa shape index (κ3) is 2.02. The van der Waals surface area contributed by atoms with Gasteiger partial charge in [0.25, 0.3) is 0 Å². The Morgan fingerprint density at radius 3 is 2.36 bits per heavy atom. The Labute approximate surface area is 70.3 Å². The fraction of sp³-hybridized carbons (Fsp3) is 0.889. The SMILES string of the molecule is CC(=O)C1CCCC1P(C)C.